The molecule has 3 aromatic rings. The van der Waals surface area contributed by atoms with Crippen molar-refractivity contribution in [3.8, 4) is 5.75 Å². The van der Waals surface area contributed by atoms with Crippen LogP contribution >= 0.6 is 0 Å². The smallest absolute Gasteiger partial charge is 0.320 e. The van der Waals surface area contributed by atoms with Gasteiger partial charge in [-0.2, -0.15) is 0 Å². The molecule has 26 heavy (non-hydrogen) atoms. The molecule has 1 aromatic carbocycles. The number of anilines is 1. The molecule has 0 saturated carbocycles. The Kier molecular flexibility index (Phi) is 5.48. The van der Waals surface area contributed by atoms with Crippen molar-refractivity contribution >= 4 is 11.8 Å². The van der Waals surface area contributed by atoms with Crippen LogP contribution in [0.2, 0.25) is 0 Å². The van der Waals surface area contributed by atoms with Gasteiger partial charge in [0.2, 0.25) is 0 Å². The molecule has 0 aliphatic carbocycles. The maximum absolute atomic E-state index is 12.1. The fourth-order valence-electron chi connectivity index (χ4n) is 2.37. The van der Waals surface area contributed by atoms with Crippen LogP contribution in [0.4, 0.5) is 10.6 Å². The van der Waals surface area contributed by atoms with Crippen molar-refractivity contribution in [2.24, 2.45) is 0 Å². The van der Waals surface area contributed by atoms with Crippen LogP contribution in [-0.4, -0.2) is 16.2 Å². The molecule has 0 radical (unpaired) electrons. The third-order valence-electron chi connectivity index (χ3n) is 3.69. The van der Waals surface area contributed by atoms with Gasteiger partial charge >= 0.3 is 6.03 Å². The number of aryl methyl sites for hydroxylation is 1. The number of carbonyl (C=O) groups is 1. The van der Waals surface area contributed by atoms with E-state index in [-0.39, 0.29) is 12.1 Å². The molecule has 2 amide bonds. The third kappa shape index (κ3) is 4.83. The van der Waals surface area contributed by atoms with Crippen molar-refractivity contribution in [1.82, 2.24) is 15.5 Å². The van der Waals surface area contributed by atoms with Gasteiger partial charge < -0.3 is 14.6 Å². The Labute approximate surface area is 151 Å². The van der Waals surface area contributed by atoms with Gasteiger partial charge in [-0.1, -0.05) is 23.4 Å². The molecule has 7 nitrogen and oxygen atoms in total. The Balaban J connectivity index is 1.57. The zero-order valence-corrected chi connectivity index (χ0v) is 14.6. The van der Waals surface area contributed by atoms with Crippen LogP contribution in [0, 0.1) is 6.92 Å². The van der Waals surface area contributed by atoms with E-state index in [2.05, 4.69) is 20.8 Å². The quantitative estimate of drug-likeness (QED) is 0.703. The number of carbonyl (C=O) groups excluding carboxylic acids is 1. The van der Waals surface area contributed by atoms with Gasteiger partial charge in [0, 0.05) is 12.3 Å². The maximum atomic E-state index is 12.1. The van der Waals surface area contributed by atoms with E-state index < -0.39 is 0 Å². The number of pyridine rings is 1. The molecule has 2 heterocycles. The molecule has 7 heteroatoms. The third-order valence-corrected chi connectivity index (χ3v) is 3.69. The predicted octanol–water partition coefficient (Wildman–Crippen LogP) is 3.84. The molecule has 1 atom stereocenters. The molecule has 1 unspecified atom stereocenters. The van der Waals surface area contributed by atoms with Crippen molar-refractivity contribution < 1.29 is 14.1 Å². The van der Waals surface area contributed by atoms with Crippen LogP contribution in [0.5, 0.6) is 5.75 Å². The molecule has 3 rings (SSSR count). The first-order valence-corrected chi connectivity index (χ1v) is 8.23. The molecule has 0 aliphatic rings. The first-order valence-electron chi connectivity index (χ1n) is 8.23. The van der Waals surface area contributed by atoms with Crippen molar-refractivity contribution in [1.29, 1.82) is 0 Å². The Morgan fingerprint density at radius 2 is 2.12 bits per heavy atom. The summed E-state index contributed by atoms with van der Waals surface area (Å²) in [5.41, 5.74) is 1.78. The summed E-state index contributed by atoms with van der Waals surface area (Å²) in [6.45, 7) is 4.04. The molecule has 2 N–H and O–H groups in total. The zero-order chi connectivity index (χ0) is 18.4. The van der Waals surface area contributed by atoms with Crippen molar-refractivity contribution in [3.05, 3.63) is 71.7 Å². The second kappa shape index (κ2) is 8.15. The molecule has 0 saturated heterocycles. The van der Waals surface area contributed by atoms with Crippen LogP contribution < -0.4 is 15.4 Å². The summed E-state index contributed by atoms with van der Waals surface area (Å²) in [4.78, 5) is 16.3. The Bertz CT molecular complexity index is 864. The summed E-state index contributed by atoms with van der Waals surface area (Å²) in [7, 11) is 0. The molecule has 2 aromatic heterocycles. The number of amides is 2. The SMILES string of the molecule is Cc1cc(NC(=O)NC(C)c2cccc(OCc3ccccn3)c2)no1. The van der Waals surface area contributed by atoms with Crippen LogP contribution in [-0.2, 0) is 6.61 Å². The first kappa shape index (κ1) is 17.5. The number of hydrogen-bond acceptors (Lipinski definition) is 5. The highest BCUT2D eigenvalue weighted by molar-refractivity contribution is 5.88. The Hall–Kier alpha value is -3.35. The lowest BCUT2D eigenvalue weighted by Crippen LogP contribution is -2.31. The van der Waals surface area contributed by atoms with Crippen LogP contribution in [0.25, 0.3) is 0 Å². The minimum Gasteiger partial charge on any atom is -0.487 e. The van der Waals surface area contributed by atoms with Gasteiger partial charge in [-0.15, -0.1) is 0 Å². The number of nitrogens with one attached hydrogen (secondary N) is 2. The van der Waals surface area contributed by atoms with Crippen molar-refractivity contribution in [2.45, 2.75) is 26.5 Å². The van der Waals surface area contributed by atoms with Gasteiger partial charge in [-0.3, -0.25) is 10.3 Å². The van der Waals surface area contributed by atoms with Gasteiger partial charge in [-0.25, -0.2) is 4.79 Å². The number of ether oxygens (including phenoxy) is 1. The topological polar surface area (TPSA) is 89.3 Å². The van der Waals surface area contributed by atoms with Crippen LogP contribution in [0.3, 0.4) is 0 Å². The van der Waals surface area contributed by atoms with Crippen molar-refractivity contribution in [2.75, 3.05) is 5.32 Å². The average molecular weight is 352 g/mol. The van der Waals surface area contributed by atoms with E-state index >= 15 is 0 Å². The molecule has 0 bridgehead atoms. The fraction of sp³-hybridized carbons (Fsp3) is 0.211. The molecule has 134 valence electrons. The van der Waals surface area contributed by atoms with Gasteiger partial charge in [-0.05, 0) is 43.7 Å². The summed E-state index contributed by atoms with van der Waals surface area (Å²) in [5, 5.41) is 9.22. The zero-order valence-electron chi connectivity index (χ0n) is 14.6. The summed E-state index contributed by atoms with van der Waals surface area (Å²) in [6, 6.07) is 14.4. The number of urea groups is 1. The van der Waals surface area contributed by atoms with E-state index in [1.165, 1.54) is 0 Å². The lowest BCUT2D eigenvalue weighted by Gasteiger charge is -2.15. The molecule has 0 aliphatic heterocycles. The summed E-state index contributed by atoms with van der Waals surface area (Å²) >= 11 is 0. The maximum Gasteiger partial charge on any atom is 0.320 e. The number of rotatable bonds is 6. The highest BCUT2D eigenvalue weighted by Crippen LogP contribution is 2.20. The van der Waals surface area contributed by atoms with Crippen LogP contribution in [0.15, 0.2) is 59.3 Å². The number of aromatic nitrogens is 2. The van der Waals surface area contributed by atoms with E-state index in [0.29, 0.717) is 23.9 Å². The van der Waals surface area contributed by atoms with Gasteiger partial charge in [0.05, 0.1) is 11.7 Å². The second-order valence-corrected chi connectivity index (χ2v) is 5.83. The van der Waals surface area contributed by atoms with Crippen LogP contribution in [0.1, 0.15) is 30.0 Å². The lowest BCUT2D eigenvalue weighted by molar-refractivity contribution is 0.249. The fourth-order valence-corrected chi connectivity index (χ4v) is 2.37. The normalized spacial score (nSPS) is 11.6. The van der Waals surface area contributed by atoms with E-state index in [9.17, 15) is 4.79 Å². The minimum absolute atomic E-state index is 0.207. The van der Waals surface area contributed by atoms with E-state index in [0.717, 1.165) is 11.3 Å². The van der Waals surface area contributed by atoms with Gasteiger partial charge in [0.15, 0.2) is 5.82 Å². The molecule has 0 spiro atoms. The molecular formula is C19H20N4O3. The Morgan fingerprint density at radius 3 is 2.85 bits per heavy atom. The predicted molar refractivity (Wildman–Crippen MR) is 96.8 cm³/mol. The second-order valence-electron chi connectivity index (χ2n) is 5.83. The van der Waals surface area contributed by atoms with Gasteiger partial charge in [0.25, 0.3) is 0 Å². The number of benzene rings is 1. The minimum atomic E-state index is -0.356. The van der Waals surface area contributed by atoms with Crippen molar-refractivity contribution in [3.63, 3.8) is 0 Å². The highest BCUT2D eigenvalue weighted by Gasteiger charge is 2.12. The van der Waals surface area contributed by atoms with E-state index in [1.54, 1.807) is 19.2 Å². The summed E-state index contributed by atoms with van der Waals surface area (Å²) in [5.74, 6) is 1.72. The molecular weight excluding hydrogens is 332 g/mol. The standard InChI is InChI=1S/C19H20N4O3/c1-13-10-18(23-26-13)22-19(24)21-14(2)15-6-5-8-17(11-15)25-12-16-7-3-4-9-20-16/h3-11,14H,12H2,1-2H3,(H2,21,22,23,24). The summed E-state index contributed by atoms with van der Waals surface area (Å²) < 4.78 is 10.7. The Morgan fingerprint density at radius 1 is 1.23 bits per heavy atom. The van der Waals surface area contributed by atoms with E-state index in [4.69, 9.17) is 9.26 Å². The largest absolute Gasteiger partial charge is 0.487 e. The number of hydrogen-bond donors (Lipinski definition) is 2. The lowest BCUT2D eigenvalue weighted by atomic mass is 10.1. The highest BCUT2D eigenvalue weighted by atomic mass is 16.5. The molecule has 0 fully saturated rings. The number of nitrogens with zero attached hydrogens (tertiary/aromatic N) is 2. The van der Waals surface area contributed by atoms with E-state index in [1.807, 2.05) is 49.4 Å². The summed E-state index contributed by atoms with van der Waals surface area (Å²) in [6.07, 6.45) is 1.73. The first-order chi connectivity index (χ1) is 12.6. The monoisotopic (exact) mass is 352 g/mol. The van der Waals surface area contributed by atoms with Gasteiger partial charge in [0.1, 0.15) is 18.1 Å². The average Bonchev–Trinajstić information content (AvgIpc) is 3.05.